The summed E-state index contributed by atoms with van der Waals surface area (Å²) >= 11 is 1.12. The van der Waals surface area contributed by atoms with Gasteiger partial charge >= 0.3 is 5.97 Å². The summed E-state index contributed by atoms with van der Waals surface area (Å²) in [5.74, 6) is -1.01. The second-order valence-electron chi connectivity index (χ2n) is 2.31. The van der Waals surface area contributed by atoms with Gasteiger partial charge in [0, 0.05) is 47.5 Å². The van der Waals surface area contributed by atoms with Gasteiger partial charge in [0.1, 0.15) is 0 Å². The molecule has 0 aromatic carbocycles. The van der Waals surface area contributed by atoms with Crippen LogP contribution in [0, 0.1) is 6.92 Å². The van der Waals surface area contributed by atoms with E-state index in [4.69, 9.17) is 10.2 Å². The van der Waals surface area contributed by atoms with Crippen molar-refractivity contribution in [1.82, 2.24) is 4.98 Å². The van der Waals surface area contributed by atoms with E-state index >= 15 is 0 Å². The zero-order chi connectivity index (χ0) is 9.14. The number of carboxylic acid groups (broad SMARTS) is 1. The summed E-state index contributed by atoms with van der Waals surface area (Å²) in [6.45, 7) is 1.77. The summed E-state index contributed by atoms with van der Waals surface area (Å²) in [5, 5.41) is 17.3. The second-order valence-corrected chi connectivity index (χ2v) is 3.39. The third-order valence-corrected chi connectivity index (χ3v) is 2.62. The van der Waals surface area contributed by atoms with Gasteiger partial charge in [-0.05, 0) is 6.92 Å². The van der Waals surface area contributed by atoms with Crippen molar-refractivity contribution in [3.63, 3.8) is 0 Å². The molecular weight excluding hydrogens is 201 g/mol. The van der Waals surface area contributed by atoms with E-state index in [9.17, 15) is 4.79 Å². The van der Waals surface area contributed by atoms with Crippen molar-refractivity contribution < 1.29 is 15.0 Å². The monoisotopic (exact) mass is 210 g/mol. The normalized spacial score (nSPS) is 9.38. The van der Waals surface area contributed by atoms with E-state index < -0.39 is 5.97 Å². The number of nitrogens with zero attached hydrogens (tertiary/aromatic N) is 1. The Labute approximate surface area is 102 Å². The minimum atomic E-state index is -1.01. The molecule has 1 aromatic heterocycles. The van der Waals surface area contributed by atoms with Crippen LogP contribution >= 0.6 is 11.3 Å². The number of aryl methyl sites for hydroxylation is 1. The number of rotatable bonds is 3. The summed E-state index contributed by atoms with van der Waals surface area (Å²) in [6.07, 6.45) is 0.483. The zero-order valence-electron chi connectivity index (χ0n) is 7.57. The minimum absolute atomic E-state index is 0. The Morgan fingerprint density at radius 1 is 1.62 bits per heavy atom. The van der Waals surface area contributed by atoms with Crippen LogP contribution in [0.3, 0.4) is 0 Å². The number of aromatic carboxylic acids is 1. The van der Waals surface area contributed by atoms with Crippen molar-refractivity contribution in [3.8, 4) is 0 Å². The molecule has 0 bridgehead atoms. The first-order valence-corrected chi connectivity index (χ1v) is 4.27. The van der Waals surface area contributed by atoms with E-state index in [2.05, 4.69) is 4.98 Å². The van der Waals surface area contributed by atoms with E-state index in [-0.39, 0.29) is 41.2 Å². The number of aliphatic hydroxyl groups excluding tert-OH is 1. The summed E-state index contributed by atoms with van der Waals surface area (Å²) in [4.78, 5) is 15.1. The Bertz CT molecular complexity index is 300. The van der Waals surface area contributed by atoms with Crippen LogP contribution in [0.2, 0.25) is 0 Å². The molecule has 0 aliphatic rings. The zero-order valence-corrected chi connectivity index (χ0v) is 10.4. The largest absolute Gasteiger partial charge is 0.476 e. The number of carbonyl (C=O) groups is 1. The molecule has 1 heterocycles. The van der Waals surface area contributed by atoms with Gasteiger partial charge in [-0.25, -0.2) is 9.78 Å². The molecule has 4 nitrogen and oxygen atoms in total. The van der Waals surface area contributed by atoms with Gasteiger partial charge in [0.15, 0.2) is 0 Å². The number of aromatic nitrogens is 1. The maximum absolute atomic E-state index is 10.5. The maximum atomic E-state index is 10.5. The molecule has 1 aromatic rings. The predicted molar refractivity (Wildman–Crippen MR) is 50.4 cm³/mol. The molecule has 1 rings (SSSR count). The number of carboxylic acids is 1. The third-order valence-electron chi connectivity index (χ3n) is 1.41. The average molecular weight is 210 g/mol. The van der Waals surface area contributed by atoms with Crippen LogP contribution in [0.5, 0.6) is 0 Å². The first-order chi connectivity index (χ1) is 5.65. The minimum Gasteiger partial charge on any atom is -0.476 e. The Balaban J connectivity index is 0.00000144. The molecule has 0 aliphatic heterocycles. The molecule has 0 aliphatic carbocycles. The molecule has 2 N–H and O–H groups in total. The molecule has 0 atom stereocenters. The van der Waals surface area contributed by atoms with Gasteiger partial charge in [0.05, 0.1) is 5.69 Å². The van der Waals surface area contributed by atoms with Crippen LogP contribution in [0.1, 0.15) is 20.4 Å². The van der Waals surface area contributed by atoms with E-state index in [0.29, 0.717) is 12.1 Å². The molecule has 6 heteroatoms. The number of hydrogen-bond acceptors (Lipinski definition) is 4. The molecule has 0 saturated heterocycles. The van der Waals surface area contributed by atoms with Gasteiger partial charge in [-0.3, -0.25) is 0 Å². The Morgan fingerprint density at radius 3 is 2.62 bits per heavy atom. The molecule has 0 saturated carbocycles. The molecule has 0 amide bonds. The Kier molecular flexibility index (Phi) is 5.75. The molecule has 0 unspecified atom stereocenters. The average Bonchev–Trinajstić information content (AvgIpc) is 2.34. The quantitative estimate of drug-likeness (QED) is 0.704. The van der Waals surface area contributed by atoms with E-state index in [0.717, 1.165) is 16.2 Å². The van der Waals surface area contributed by atoms with E-state index in [1.165, 1.54) is 0 Å². The third kappa shape index (κ3) is 3.36. The van der Waals surface area contributed by atoms with Crippen LogP contribution in [0.25, 0.3) is 0 Å². The van der Waals surface area contributed by atoms with Crippen molar-refractivity contribution in [2.24, 2.45) is 0 Å². The smallest absolute Gasteiger partial charge is 0.365 e. The van der Waals surface area contributed by atoms with Crippen LogP contribution in [-0.4, -0.2) is 57.3 Å². The van der Waals surface area contributed by atoms with Gasteiger partial charge in [0.2, 0.25) is 5.01 Å². The van der Waals surface area contributed by atoms with Crippen molar-refractivity contribution in [3.05, 3.63) is 15.6 Å². The van der Waals surface area contributed by atoms with Gasteiger partial charge in [-0.1, -0.05) is 0 Å². The maximum Gasteiger partial charge on any atom is 0.365 e. The first kappa shape index (κ1) is 13.1. The Hall–Kier alpha value is 0.0600. The molecule has 67 valence electrons. The molecule has 13 heavy (non-hydrogen) atoms. The van der Waals surface area contributed by atoms with Crippen molar-refractivity contribution in [1.29, 1.82) is 0 Å². The fraction of sp³-hybridized carbons (Fsp3) is 0.429. The second kappa shape index (κ2) is 5.72. The summed E-state index contributed by atoms with van der Waals surface area (Å²) in [7, 11) is 0. The number of hydrogen-bond donors (Lipinski definition) is 2. The molecular formula is C7H9NNaO3S. The van der Waals surface area contributed by atoms with Crippen molar-refractivity contribution >= 4 is 46.9 Å². The van der Waals surface area contributed by atoms with Crippen LogP contribution in [-0.2, 0) is 6.42 Å². The van der Waals surface area contributed by atoms with Gasteiger partial charge in [-0.15, -0.1) is 11.3 Å². The fourth-order valence-electron chi connectivity index (χ4n) is 0.853. The topological polar surface area (TPSA) is 70.4 Å². The van der Waals surface area contributed by atoms with Crippen LogP contribution in [0.4, 0.5) is 0 Å². The summed E-state index contributed by atoms with van der Waals surface area (Å²) in [5.41, 5.74) is 0.700. The SMILES string of the molecule is Cc1nc(C(=O)O)sc1CCO.[Na]. The summed E-state index contributed by atoms with van der Waals surface area (Å²) < 4.78 is 0. The number of aliphatic hydroxyl groups is 1. The van der Waals surface area contributed by atoms with Gasteiger partial charge < -0.3 is 10.2 Å². The van der Waals surface area contributed by atoms with E-state index in [1.54, 1.807) is 6.92 Å². The fourth-order valence-corrected chi connectivity index (χ4v) is 1.74. The van der Waals surface area contributed by atoms with Gasteiger partial charge in [0.25, 0.3) is 0 Å². The molecule has 0 spiro atoms. The van der Waals surface area contributed by atoms with Crippen molar-refractivity contribution in [2.45, 2.75) is 13.3 Å². The standard InChI is InChI=1S/C7H9NO3S.Na/c1-4-5(2-3-9)12-6(8-4)7(10)11;/h9H,2-3H2,1H3,(H,10,11);. The van der Waals surface area contributed by atoms with Crippen molar-refractivity contribution in [2.75, 3.05) is 6.61 Å². The predicted octanol–water partition coefficient (Wildman–Crippen LogP) is 0.304. The van der Waals surface area contributed by atoms with E-state index in [1.807, 2.05) is 0 Å². The van der Waals surface area contributed by atoms with Crippen LogP contribution in [0.15, 0.2) is 0 Å². The van der Waals surface area contributed by atoms with Gasteiger partial charge in [-0.2, -0.15) is 0 Å². The molecule has 0 fully saturated rings. The first-order valence-electron chi connectivity index (χ1n) is 3.45. The summed E-state index contributed by atoms with van der Waals surface area (Å²) in [6, 6.07) is 0. The molecule has 1 radical (unpaired) electrons. The number of thiazole rings is 1. The Morgan fingerprint density at radius 2 is 2.23 bits per heavy atom. The van der Waals surface area contributed by atoms with Crippen LogP contribution < -0.4 is 0 Å².